The first kappa shape index (κ1) is 12.1. The van der Waals surface area contributed by atoms with Crippen LogP contribution in [0.15, 0.2) is 16.8 Å². The van der Waals surface area contributed by atoms with Gasteiger partial charge in [-0.1, -0.05) is 20.3 Å². The van der Waals surface area contributed by atoms with Crippen molar-refractivity contribution in [2.75, 3.05) is 6.54 Å². The van der Waals surface area contributed by atoms with E-state index in [-0.39, 0.29) is 0 Å². The number of likely N-dealkylation sites (N-methyl/N-ethyl adjacent to an activating group) is 1. The van der Waals surface area contributed by atoms with Crippen LogP contribution in [0.1, 0.15) is 38.7 Å². The molecule has 90 valence electrons. The van der Waals surface area contributed by atoms with Gasteiger partial charge in [-0.05, 0) is 60.0 Å². The Hall–Kier alpha value is -0.340. The summed E-state index contributed by atoms with van der Waals surface area (Å²) < 4.78 is 0. The summed E-state index contributed by atoms with van der Waals surface area (Å²) in [6, 6.07) is 2.97. The summed E-state index contributed by atoms with van der Waals surface area (Å²) in [5.74, 6) is 1.84. The summed E-state index contributed by atoms with van der Waals surface area (Å²) in [5.41, 5.74) is 1.51. The van der Waals surface area contributed by atoms with Gasteiger partial charge in [-0.3, -0.25) is 0 Å². The normalized spacial score (nSPS) is 27.1. The summed E-state index contributed by atoms with van der Waals surface area (Å²) >= 11 is 1.81. The van der Waals surface area contributed by atoms with E-state index < -0.39 is 0 Å². The highest BCUT2D eigenvalue weighted by Crippen LogP contribution is 2.33. The van der Waals surface area contributed by atoms with E-state index >= 15 is 0 Å². The van der Waals surface area contributed by atoms with Crippen LogP contribution in [0, 0.1) is 11.8 Å². The highest BCUT2D eigenvalue weighted by molar-refractivity contribution is 7.07. The molecule has 1 aliphatic carbocycles. The van der Waals surface area contributed by atoms with Crippen LogP contribution < -0.4 is 5.32 Å². The van der Waals surface area contributed by atoms with Crippen molar-refractivity contribution in [1.29, 1.82) is 0 Å². The summed E-state index contributed by atoms with van der Waals surface area (Å²) in [6.07, 6.45) is 5.48. The molecule has 2 heteroatoms. The Kier molecular flexibility index (Phi) is 4.42. The van der Waals surface area contributed by atoms with Crippen LogP contribution in [-0.2, 0) is 6.42 Å². The Morgan fingerprint density at radius 1 is 1.50 bits per heavy atom. The van der Waals surface area contributed by atoms with Crippen molar-refractivity contribution in [1.82, 2.24) is 5.32 Å². The lowest BCUT2D eigenvalue weighted by Gasteiger charge is -2.24. The topological polar surface area (TPSA) is 12.0 Å². The fourth-order valence-electron chi connectivity index (χ4n) is 2.95. The molecule has 0 aromatic carbocycles. The predicted octanol–water partition coefficient (Wildman–Crippen LogP) is 3.70. The number of thiophene rings is 1. The van der Waals surface area contributed by atoms with Gasteiger partial charge in [0.25, 0.3) is 0 Å². The number of hydrogen-bond acceptors (Lipinski definition) is 2. The van der Waals surface area contributed by atoms with Gasteiger partial charge in [0.1, 0.15) is 0 Å². The fourth-order valence-corrected chi connectivity index (χ4v) is 3.63. The molecule has 1 heterocycles. The molecule has 3 atom stereocenters. The van der Waals surface area contributed by atoms with E-state index in [4.69, 9.17) is 0 Å². The Morgan fingerprint density at radius 3 is 2.94 bits per heavy atom. The first-order chi connectivity index (χ1) is 7.79. The average Bonchev–Trinajstić information content (AvgIpc) is 2.88. The van der Waals surface area contributed by atoms with Crippen LogP contribution in [0.3, 0.4) is 0 Å². The van der Waals surface area contributed by atoms with Crippen molar-refractivity contribution < 1.29 is 0 Å². The molecule has 1 aromatic heterocycles. The van der Waals surface area contributed by atoms with E-state index in [1.54, 1.807) is 0 Å². The largest absolute Gasteiger partial charge is 0.314 e. The maximum Gasteiger partial charge on any atom is 0.0136 e. The van der Waals surface area contributed by atoms with Gasteiger partial charge in [-0.25, -0.2) is 0 Å². The minimum absolute atomic E-state index is 0.699. The lowest BCUT2D eigenvalue weighted by atomic mass is 9.92. The third kappa shape index (κ3) is 3.08. The van der Waals surface area contributed by atoms with Crippen LogP contribution in [0.25, 0.3) is 0 Å². The van der Waals surface area contributed by atoms with Crippen molar-refractivity contribution in [3.8, 4) is 0 Å². The molecule has 0 aliphatic heterocycles. The summed E-state index contributed by atoms with van der Waals surface area (Å²) in [7, 11) is 0. The van der Waals surface area contributed by atoms with Crippen LogP contribution in [-0.4, -0.2) is 12.6 Å². The Bertz CT molecular complexity index is 294. The fraction of sp³-hybridized carbons (Fsp3) is 0.714. The van der Waals surface area contributed by atoms with Gasteiger partial charge < -0.3 is 5.32 Å². The van der Waals surface area contributed by atoms with Crippen molar-refractivity contribution in [2.24, 2.45) is 11.8 Å². The molecular formula is C14H23NS. The van der Waals surface area contributed by atoms with E-state index in [0.29, 0.717) is 6.04 Å². The molecule has 1 aromatic rings. The van der Waals surface area contributed by atoms with E-state index in [1.807, 2.05) is 11.3 Å². The zero-order valence-corrected chi connectivity index (χ0v) is 11.2. The molecule has 0 spiro atoms. The second kappa shape index (κ2) is 5.83. The Morgan fingerprint density at radius 2 is 2.38 bits per heavy atom. The van der Waals surface area contributed by atoms with Gasteiger partial charge in [-0.15, -0.1) is 0 Å². The lowest BCUT2D eigenvalue weighted by molar-refractivity contribution is 0.354. The molecule has 1 N–H and O–H groups in total. The van der Waals surface area contributed by atoms with E-state index in [2.05, 4.69) is 36.0 Å². The molecule has 1 nitrogen and oxygen atoms in total. The van der Waals surface area contributed by atoms with Crippen molar-refractivity contribution >= 4 is 11.3 Å². The monoisotopic (exact) mass is 237 g/mol. The molecule has 0 radical (unpaired) electrons. The number of nitrogens with one attached hydrogen (secondary N) is 1. The minimum atomic E-state index is 0.699. The average molecular weight is 237 g/mol. The maximum absolute atomic E-state index is 3.69. The van der Waals surface area contributed by atoms with Gasteiger partial charge in [0.15, 0.2) is 0 Å². The zero-order valence-electron chi connectivity index (χ0n) is 10.4. The van der Waals surface area contributed by atoms with Crippen LogP contribution >= 0.6 is 11.3 Å². The molecule has 16 heavy (non-hydrogen) atoms. The quantitative estimate of drug-likeness (QED) is 0.823. The summed E-state index contributed by atoms with van der Waals surface area (Å²) in [5, 5.41) is 8.17. The molecule has 1 saturated carbocycles. The van der Waals surface area contributed by atoms with Crippen molar-refractivity contribution in [3.05, 3.63) is 22.4 Å². The van der Waals surface area contributed by atoms with Crippen LogP contribution in [0.2, 0.25) is 0 Å². The third-order valence-electron chi connectivity index (χ3n) is 3.81. The lowest BCUT2D eigenvalue weighted by Crippen LogP contribution is -2.37. The van der Waals surface area contributed by atoms with Crippen LogP contribution in [0.4, 0.5) is 0 Å². The van der Waals surface area contributed by atoms with E-state index in [0.717, 1.165) is 18.4 Å². The summed E-state index contributed by atoms with van der Waals surface area (Å²) in [6.45, 7) is 5.71. The smallest absolute Gasteiger partial charge is 0.0136 e. The van der Waals surface area contributed by atoms with E-state index in [9.17, 15) is 0 Å². The van der Waals surface area contributed by atoms with Crippen molar-refractivity contribution in [2.45, 2.75) is 45.6 Å². The number of hydrogen-bond donors (Lipinski definition) is 1. The van der Waals surface area contributed by atoms with E-state index in [1.165, 1.54) is 31.2 Å². The first-order valence-corrected chi connectivity index (χ1v) is 7.48. The maximum atomic E-state index is 3.69. The molecular weight excluding hydrogens is 214 g/mol. The molecule has 0 bridgehead atoms. The summed E-state index contributed by atoms with van der Waals surface area (Å²) in [4.78, 5) is 0. The predicted molar refractivity (Wildman–Crippen MR) is 72.0 cm³/mol. The van der Waals surface area contributed by atoms with Gasteiger partial charge in [0.2, 0.25) is 0 Å². The van der Waals surface area contributed by atoms with Gasteiger partial charge in [0.05, 0.1) is 0 Å². The Labute approximate surface area is 103 Å². The molecule has 1 aliphatic rings. The minimum Gasteiger partial charge on any atom is -0.314 e. The number of rotatable bonds is 5. The zero-order chi connectivity index (χ0) is 11.4. The molecule has 1 fully saturated rings. The molecule has 3 unspecified atom stereocenters. The second-order valence-electron chi connectivity index (χ2n) is 5.18. The highest BCUT2D eigenvalue weighted by Gasteiger charge is 2.28. The SMILES string of the molecule is CCNC(Cc1ccsc1)C1CCC(C)C1. The van der Waals surface area contributed by atoms with Crippen LogP contribution in [0.5, 0.6) is 0 Å². The molecule has 0 saturated heterocycles. The van der Waals surface area contributed by atoms with Gasteiger partial charge in [-0.2, -0.15) is 11.3 Å². The standard InChI is InChI=1S/C14H23NS/c1-3-15-14(9-12-6-7-16-10-12)13-5-4-11(2)8-13/h6-7,10-11,13-15H,3-5,8-9H2,1-2H3. The van der Waals surface area contributed by atoms with Gasteiger partial charge in [0, 0.05) is 6.04 Å². The highest BCUT2D eigenvalue weighted by atomic mass is 32.1. The third-order valence-corrected chi connectivity index (χ3v) is 4.54. The molecule has 0 amide bonds. The Balaban J connectivity index is 1.94. The second-order valence-corrected chi connectivity index (χ2v) is 5.96. The first-order valence-electron chi connectivity index (χ1n) is 6.54. The van der Waals surface area contributed by atoms with Crippen molar-refractivity contribution in [3.63, 3.8) is 0 Å². The molecule has 2 rings (SSSR count). The van der Waals surface area contributed by atoms with Gasteiger partial charge >= 0.3 is 0 Å².